The lowest BCUT2D eigenvalue weighted by Crippen LogP contribution is -2.06. The van der Waals surface area contributed by atoms with Crippen LogP contribution >= 0.6 is 23.1 Å². The summed E-state index contributed by atoms with van der Waals surface area (Å²) in [7, 11) is 1.59. The average molecular weight is 282 g/mol. The molecule has 0 saturated carbocycles. The largest absolute Gasteiger partial charge is 0.481 e. The highest BCUT2D eigenvalue weighted by Crippen LogP contribution is 2.20. The number of methoxy groups -OCH3 is 1. The van der Waals surface area contributed by atoms with Gasteiger partial charge in [0.25, 0.3) is 0 Å². The molecule has 0 spiro atoms. The van der Waals surface area contributed by atoms with Gasteiger partial charge >= 0.3 is 0 Å². The Balaban J connectivity index is 1.65. The Kier molecular flexibility index (Phi) is 5.22. The van der Waals surface area contributed by atoms with E-state index in [-0.39, 0.29) is 0 Å². The molecule has 0 radical (unpaired) electrons. The summed E-state index contributed by atoms with van der Waals surface area (Å²) in [5.74, 6) is 2.21. The first-order valence-corrected chi connectivity index (χ1v) is 7.38. The maximum Gasteiger partial charge on any atom is 0.225 e. The van der Waals surface area contributed by atoms with Gasteiger partial charge in [-0.1, -0.05) is 11.8 Å². The van der Waals surface area contributed by atoms with Gasteiger partial charge in [0.15, 0.2) is 0 Å². The van der Waals surface area contributed by atoms with Crippen LogP contribution in [0, 0.1) is 0 Å². The minimum atomic E-state index is 0.574. The summed E-state index contributed by atoms with van der Waals surface area (Å²) < 4.78 is 6.15. The Hall–Kier alpha value is -1.34. The average Bonchev–Trinajstić information content (AvgIpc) is 2.92. The molecule has 0 aliphatic rings. The molecule has 2 aromatic rings. The van der Waals surface area contributed by atoms with Gasteiger partial charge in [0, 0.05) is 36.1 Å². The van der Waals surface area contributed by atoms with Crippen molar-refractivity contribution in [2.24, 2.45) is 0 Å². The molecule has 0 aromatic carbocycles. The van der Waals surface area contributed by atoms with Crippen molar-refractivity contribution in [2.75, 3.05) is 24.7 Å². The van der Waals surface area contributed by atoms with Gasteiger partial charge in [0.1, 0.15) is 4.34 Å². The summed E-state index contributed by atoms with van der Waals surface area (Å²) in [5, 5.41) is 5.16. The van der Waals surface area contributed by atoms with E-state index in [1.54, 1.807) is 42.5 Å². The molecule has 0 fully saturated rings. The van der Waals surface area contributed by atoms with Gasteiger partial charge in [-0.05, 0) is 6.42 Å². The van der Waals surface area contributed by atoms with Crippen molar-refractivity contribution in [1.82, 2.24) is 15.0 Å². The van der Waals surface area contributed by atoms with E-state index in [9.17, 15) is 0 Å². The van der Waals surface area contributed by atoms with Crippen molar-refractivity contribution in [3.05, 3.63) is 23.8 Å². The van der Waals surface area contributed by atoms with Crippen molar-refractivity contribution in [2.45, 2.75) is 10.8 Å². The fraction of sp³-hybridized carbons (Fsp3) is 0.364. The predicted octanol–water partition coefficient (Wildman–Crippen LogP) is 2.54. The fourth-order valence-electron chi connectivity index (χ4n) is 1.25. The van der Waals surface area contributed by atoms with Gasteiger partial charge in [-0.25, -0.2) is 9.97 Å². The van der Waals surface area contributed by atoms with Gasteiger partial charge in [-0.15, -0.1) is 11.3 Å². The molecule has 0 aliphatic carbocycles. The molecule has 18 heavy (non-hydrogen) atoms. The summed E-state index contributed by atoms with van der Waals surface area (Å²) in [5.41, 5.74) is 0. The van der Waals surface area contributed by atoms with Gasteiger partial charge < -0.3 is 10.1 Å². The number of aromatic nitrogens is 3. The second-order valence-electron chi connectivity index (χ2n) is 3.35. The van der Waals surface area contributed by atoms with Crippen LogP contribution in [0.15, 0.2) is 28.2 Å². The Morgan fingerprint density at radius 1 is 1.39 bits per heavy atom. The molecule has 2 heterocycles. The number of nitrogens with zero attached hydrogens (tertiary/aromatic N) is 3. The molecule has 0 amide bonds. The normalized spacial score (nSPS) is 10.3. The summed E-state index contributed by atoms with van der Waals surface area (Å²) in [6, 6.07) is 1.73. The van der Waals surface area contributed by atoms with Crippen LogP contribution in [0.1, 0.15) is 6.42 Å². The number of hydrogen-bond acceptors (Lipinski definition) is 7. The monoisotopic (exact) mass is 282 g/mol. The van der Waals surface area contributed by atoms with E-state index >= 15 is 0 Å². The quantitative estimate of drug-likeness (QED) is 0.622. The third-order valence-corrected chi connectivity index (χ3v) is 4.13. The minimum Gasteiger partial charge on any atom is -0.481 e. The van der Waals surface area contributed by atoms with E-state index < -0.39 is 0 Å². The molecule has 0 saturated heterocycles. The van der Waals surface area contributed by atoms with Crippen molar-refractivity contribution < 1.29 is 4.74 Å². The Morgan fingerprint density at radius 3 is 3.11 bits per heavy atom. The van der Waals surface area contributed by atoms with Crippen molar-refractivity contribution in [3.63, 3.8) is 0 Å². The molecule has 0 bridgehead atoms. The fourth-order valence-corrected chi connectivity index (χ4v) is 2.90. The maximum atomic E-state index is 5.03. The zero-order chi connectivity index (χ0) is 12.6. The van der Waals surface area contributed by atoms with Crippen LogP contribution in [0.4, 0.5) is 5.95 Å². The zero-order valence-electron chi connectivity index (χ0n) is 10.00. The third kappa shape index (κ3) is 4.15. The minimum absolute atomic E-state index is 0.574. The Bertz CT molecular complexity index is 464. The van der Waals surface area contributed by atoms with Crippen LogP contribution in [-0.2, 0) is 0 Å². The first-order chi connectivity index (χ1) is 8.88. The molecule has 2 rings (SSSR count). The molecule has 96 valence electrons. The van der Waals surface area contributed by atoms with Crippen LogP contribution < -0.4 is 10.1 Å². The van der Waals surface area contributed by atoms with Crippen molar-refractivity contribution in [3.8, 4) is 5.88 Å². The van der Waals surface area contributed by atoms with Gasteiger partial charge in [-0.3, -0.25) is 0 Å². The number of nitrogens with one attached hydrogen (secondary N) is 1. The highest BCUT2D eigenvalue weighted by atomic mass is 32.2. The second-order valence-corrected chi connectivity index (χ2v) is 5.59. The molecule has 0 unspecified atom stereocenters. The van der Waals surface area contributed by atoms with Gasteiger partial charge in [0.05, 0.1) is 7.11 Å². The number of ether oxygens (including phenoxy) is 1. The van der Waals surface area contributed by atoms with Crippen LogP contribution in [0.3, 0.4) is 0 Å². The lowest BCUT2D eigenvalue weighted by atomic mass is 10.5. The molecule has 7 heteroatoms. The number of anilines is 1. The molecule has 5 nitrogen and oxygen atoms in total. The lowest BCUT2D eigenvalue weighted by Gasteiger charge is -2.05. The van der Waals surface area contributed by atoms with Crippen LogP contribution in [-0.4, -0.2) is 34.4 Å². The van der Waals surface area contributed by atoms with Crippen molar-refractivity contribution >= 4 is 29.0 Å². The molecule has 1 N–H and O–H groups in total. The molecule has 0 aliphatic heterocycles. The van der Waals surface area contributed by atoms with Crippen LogP contribution in [0.5, 0.6) is 5.88 Å². The smallest absolute Gasteiger partial charge is 0.225 e. The molecule has 2 aromatic heterocycles. The number of thioether (sulfide) groups is 1. The van der Waals surface area contributed by atoms with E-state index in [1.807, 2.05) is 11.6 Å². The van der Waals surface area contributed by atoms with E-state index in [0.29, 0.717) is 11.8 Å². The van der Waals surface area contributed by atoms with Crippen molar-refractivity contribution in [1.29, 1.82) is 0 Å². The SMILES string of the molecule is COc1ccnc(NCCCSc2nccs2)n1. The van der Waals surface area contributed by atoms with E-state index in [2.05, 4.69) is 20.3 Å². The summed E-state index contributed by atoms with van der Waals surface area (Å²) in [6.45, 7) is 0.839. The third-order valence-electron chi connectivity index (χ3n) is 2.08. The molecular weight excluding hydrogens is 268 g/mol. The standard InChI is InChI=1S/C11H14N4OS2/c1-16-9-3-5-13-10(15-9)12-4-2-7-17-11-14-6-8-18-11/h3,5-6,8H,2,4,7H2,1H3,(H,12,13,15). The van der Waals surface area contributed by atoms with E-state index in [1.165, 1.54) is 0 Å². The number of rotatable bonds is 7. The number of thiazole rings is 1. The Morgan fingerprint density at radius 2 is 2.33 bits per heavy atom. The van der Waals surface area contributed by atoms with E-state index in [4.69, 9.17) is 4.74 Å². The van der Waals surface area contributed by atoms with Gasteiger partial charge in [-0.2, -0.15) is 4.98 Å². The predicted molar refractivity (Wildman–Crippen MR) is 74.5 cm³/mol. The molecule has 0 atom stereocenters. The first-order valence-electron chi connectivity index (χ1n) is 5.51. The highest BCUT2D eigenvalue weighted by Gasteiger charge is 1.99. The topological polar surface area (TPSA) is 59.9 Å². The zero-order valence-corrected chi connectivity index (χ0v) is 11.6. The lowest BCUT2D eigenvalue weighted by molar-refractivity contribution is 0.397. The Labute approximate surface area is 114 Å². The number of hydrogen-bond donors (Lipinski definition) is 1. The highest BCUT2D eigenvalue weighted by molar-refractivity contribution is 8.00. The van der Waals surface area contributed by atoms with Gasteiger partial charge in [0.2, 0.25) is 11.8 Å². The summed E-state index contributed by atoms with van der Waals surface area (Å²) in [4.78, 5) is 12.5. The van der Waals surface area contributed by atoms with E-state index in [0.717, 1.165) is 23.1 Å². The van der Waals surface area contributed by atoms with Crippen LogP contribution in [0.25, 0.3) is 0 Å². The first kappa shape index (κ1) is 13.1. The molecular formula is C11H14N4OS2. The summed E-state index contributed by atoms with van der Waals surface area (Å²) >= 11 is 3.44. The maximum absolute atomic E-state index is 5.03. The van der Waals surface area contributed by atoms with Crippen LogP contribution in [0.2, 0.25) is 0 Å². The summed E-state index contributed by atoms with van der Waals surface area (Å²) in [6.07, 6.45) is 4.54. The second kappa shape index (κ2) is 7.17.